The van der Waals surface area contributed by atoms with Gasteiger partial charge in [0.25, 0.3) is 11.4 Å². The van der Waals surface area contributed by atoms with E-state index >= 15 is 0 Å². The number of primary sulfonamides is 1. The number of rotatable bonds is 7. The van der Waals surface area contributed by atoms with Gasteiger partial charge in [-0.3, -0.25) is 20.2 Å². The van der Waals surface area contributed by atoms with Crippen LogP contribution >= 0.6 is 0 Å². The Balaban J connectivity index is 2.15. The number of nitro benzene ring substituents is 1. The summed E-state index contributed by atoms with van der Waals surface area (Å²) >= 11 is 0. The monoisotopic (exact) mass is 367 g/mol. The van der Waals surface area contributed by atoms with E-state index in [0.29, 0.717) is 5.82 Å². The fourth-order valence-electron chi connectivity index (χ4n) is 2.13. The van der Waals surface area contributed by atoms with Gasteiger partial charge in [0.1, 0.15) is 12.0 Å². The van der Waals surface area contributed by atoms with Crippen molar-refractivity contribution in [3.05, 3.63) is 62.3 Å². The number of benzene rings is 1. The Hall–Kier alpha value is -3.12. The molecule has 0 aliphatic rings. The molecule has 12 heteroatoms. The lowest BCUT2D eigenvalue weighted by Crippen LogP contribution is -2.16. The third-order valence-corrected chi connectivity index (χ3v) is 4.17. The maximum atomic E-state index is 11.5. The van der Waals surface area contributed by atoms with Gasteiger partial charge in [-0.15, -0.1) is 0 Å². The Kier molecular flexibility index (Phi) is 5.24. The zero-order valence-corrected chi connectivity index (χ0v) is 13.5. The molecule has 0 saturated carbocycles. The highest BCUT2D eigenvalue weighted by Gasteiger charge is 2.26. The van der Waals surface area contributed by atoms with Crippen LogP contribution in [0.25, 0.3) is 0 Å². The van der Waals surface area contributed by atoms with Crippen LogP contribution in [0.4, 0.5) is 17.2 Å². The lowest BCUT2D eigenvalue weighted by molar-refractivity contribution is -0.388. The molecule has 1 heterocycles. The van der Waals surface area contributed by atoms with Gasteiger partial charge in [-0.05, 0) is 18.6 Å². The van der Waals surface area contributed by atoms with E-state index in [-0.39, 0.29) is 24.2 Å². The van der Waals surface area contributed by atoms with Crippen molar-refractivity contribution in [2.45, 2.75) is 11.3 Å². The summed E-state index contributed by atoms with van der Waals surface area (Å²) in [5.74, 6) is 0.343. The number of nitrogens with one attached hydrogen (secondary N) is 1. The molecule has 0 fully saturated rings. The fraction of sp³-hybridized carbons (Fsp3) is 0.154. The molecular formula is C13H13N5O6S. The van der Waals surface area contributed by atoms with E-state index in [1.54, 1.807) is 0 Å². The number of nitro groups is 2. The second-order valence-electron chi connectivity index (χ2n) is 4.90. The number of anilines is 1. The summed E-state index contributed by atoms with van der Waals surface area (Å²) in [4.78, 5) is 23.7. The quantitative estimate of drug-likeness (QED) is 0.542. The van der Waals surface area contributed by atoms with Crippen molar-refractivity contribution >= 4 is 27.2 Å². The van der Waals surface area contributed by atoms with Gasteiger partial charge in [-0.25, -0.2) is 18.5 Å². The fourth-order valence-corrected chi connectivity index (χ4v) is 2.87. The molecule has 0 spiro atoms. The summed E-state index contributed by atoms with van der Waals surface area (Å²) in [6.07, 6.45) is 1.20. The van der Waals surface area contributed by atoms with E-state index in [2.05, 4.69) is 10.3 Å². The number of nitrogens with two attached hydrogens (primary N) is 1. The van der Waals surface area contributed by atoms with E-state index in [1.807, 2.05) is 0 Å². The van der Waals surface area contributed by atoms with Crippen LogP contribution in [0.15, 0.2) is 41.4 Å². The van der Waals surface area contributed by atoms with Crippen LogP contribution in [-0.4, -0.2) is 29.8 Å². The predicted molar refractivity (Wildman–Crippen MR) is 87.6 cm³/mol. The third-order valence-electron chi connectivity index (χ3n) is 3.23. The van der Waals surface area contributed by atoms with Gasteiger partial charge in [0, 0.05) is 18.2 Å². The van der Waals surface area contributed by atoms with Gasteiger partial charge >= 0.3 is 0 Å². The van der Waals surface area contributed by atoms with Crippen LogP contribution in [0.5, 0.6) is 0 Å². The molecule has 0 aliphatic heterocycles. The molecule has 25 heavy (non-hydrogen) atoms. The number of hydrogen-bond acceptors (Lipinski definition) is 8. The minimum atomic E-state index is -4.23. The molecule has 132 valence electrons. The Morgan fingerprint density at radius 2 is 1.84 bits per heavy atom. The second kappa shape index (κ2) is 7.19. The van der Waals surface area contributed by atoms with Gasteiger partial charge in [0.2, 0.25) is 10.0 Å². The summed E-state index contributed by atoms with van der Waals surface area (Å²) in [5.41, 5.74) is -0.545. The summed E-state index contributed by atoms with van der Waals surface area (Å²) in [6, 6.07) is 6.53. The molecule has 1 aromatic carbocycles. The van der Waals surface area contributed by atoms with E-state index in [1.165, 1.54) is 24.3 Å². The molecule has 0 bridgehead atoms. The van der Waals surface area contributed by atoms with Crippen LogP contribution in [0, 0.1) is 20.2 Å². The lowest BCUT2D eigenvalue weighted by Gasteiger charge is -2.08. The second-order valence-corrected chi connectivity index (χ2v) is 6.43. The predicted octanol–water partition coefficient (Wildman–Crippen LogP) is 1.20. The van der Waals surface area contributed by atoms with Crippen LogP contribution in [0.2, 0.25) is 0 Å². The molecule has 1 aromatic heterocycles. The molecule has 11 nitrogen and oxygen atoms in total. The van der Waals surface area contributed by atoms with Crippen molar-refractivity contribution in [2.75, 3.05) is 11.9 Å². The highest BCUT2D eigenvalue weighted by Crippen LogP contribution is 2.27. The topological polar surface area (TPSA) is 171 Å². The zero-order valence-electron chi connectivity index (χ0n) is 12.7. The number of para-hydroxylation sites is 1. The molecule has 0 radical (unpaired) electrons. The molecule has 0 atom stereocenters. The molecule has 2 rings (SSSR count). The highest BCUT2D eigenvalue weighted by atomic mass is 32.2. The van der Waals surface area contributed by atoms with E-state index in [9.17, 15) is 28.6 Å². The van der Waals surface area contributed by atoms with Gasteiger partial charge in [-0.2, -0.15) is 0 Å². The summed E-state index contributed by atoms with van der Waals surface area (Å²) in [7, 11) is -4.23. The highest BCUT2D eigenvalue weighted by molar-refractivity contribution is 7.89. The smallest absolute Gasteiger partial charge is 0.292 e. The van der Waals surface area contributed by atoms with Crippen LogP contribution in [0.1, 0.15) is 5.56 Å². The standard InChI is InChI=1S/C13H13N5O6S/c14-25(23,24)11-3-1-2-9(13(11)18(21)22)6-7-15-12-5-4-10(8-16-12)17(19)20/h1-5,8H,6-7H2,(H,15,16)(H2,14,23,24). The first-order valence-corrected chi connectivity index (χ1v) is 8.38. The molecule has 0 amide bonds. The number of sulfonamides is 1. The van der Waals surface area contributed by atoms with Crippen molar-refractivity contribution < 1.29 is 18.3 Å². The van der Waals surface area contributed by atoms with Crippen LogP contribution < -0.4 is 10.5 Å². The maximum absolute atomic E-state index is 11.5. The number of pyridine rings is 1. The average molecular weight is 367 g/mol. The summed E-state index contributed by atoms with van der Waals surface area (Å²) in [5, 5.41) is 29.6. The Bertz CT molecular complexity index is 913. The molecule has 0 aliphatic carbocycles. The Morgan fingerprint density at radius 3 is 2.36 bits per heavy atom. The largest absolute Gasteiger partial charge is 0.370 e. The molecule has 2 aromatic rings. The normalized spacial score (nSPS) is 11.1. The first kappa shape index (κ1) is 18.2. The maximum Gasteiger partial charge on any atom is 0.292 e. The van der Waals surface area contributed by atoms with Gasteiger partial charge in [0.15, 0.2) is 4.90 Å². The van der Waals surface area contributed by atoms with Gasteiger partial charge in [-0.1, -0.05) is 12.1 Å². The first-order valence-electron chi connectivity index (χ1n) is 6.83. The number of nitrogens with zero attached hydrogens (tertiary/aromatic N) is 3. The zero-order chi connectivity index (χ0) is 18.6. The first-order chi connectivity index (χ1) is 11.7. The Morgan fingerprint density at radius 1 is 1.12 bits per heavy atom. The van der Waals surface area contributed by atoms with Gasteiger partial charge in [0.05, 0.1) is 9.85 Å². The molecule has 0 unspecified atom stereocenters. The molecule has 0 saturated heterocycles. The summed E-state index contributed by atoms with van der Waals surface area (Å²) in [6.45, 7) is 0.194. The minimum absolute atomic E-state index is 0.123. The van der Waals surface area contributed by atoms with E-state index in [4.69, 9.17) is 5.14 Å². The molecule has 3 N–H and O–H groups in total. The van der Waals surface area contributed by atoms with Gasteiger partial charge < -0.3 is 5.32 Å². The number of aromatic nitrogens is 1. The average Bonchev–Trinajstić information content (AvgIpc) is 2.54. The lowest BCUT2D eigenvalue weighted by atomic mass is 10.1. The minimum Gasteiger partial charge on any atom is -0.370 e. The summed E-state index contributed by atoms with van der Waals surface area (Å²) < 4.78 is 23.0. The van der Waals surface area contributed by atoms with Crippen molar-refractivity contribution in [1.82, 2.24) is 4.98 Å². The van der Waals surface area contributed by atoms with Crippen molar-refractivity contribution in [1.29, 1.82) is 0 Å². The Labute approximate surface area is 141 Å². The molecular weight excluding hydrogens is 354 g/mol. The van der Waals surface area contributed by atoms with Crippen molar-refractivity contribution in [2.24, 2.45) is 5.14 Å². The van der Waals surface area contributed by atoms with E-state index < -0.39 is 30.5 Å². The SMILES string of the molecule is NS(=O)(=O)c1cccc(CCNc2ccc([N+](=O)[O-])cn2)c1[N+](=O)[O-]. The third kappa shape index (κ3) is 4.45. The van der Waals surface area contributed by atoms with Crippen molar-refractivity contribution in [3.8, 4) is 0 Å². The van der Waals surface area contributed by atoms with Crippen LogP contribution in [0.3, 0.4) is 0 Å². The number of hydrogen-bond donors (Lipinski definition) is 2. The van der Waals surface area contributed by atoms with Crippen molar-refractivity contribution in [3.63, 3.8) is 0 Å². The van der Waals surface area contributed by atoms with Crippen LogP contribution in [-0.2, 0) is 16.4 Å². The van der Waals surface area contributed by atoms with E-state index in [0.717, 1.165) is 12.3 Å².